The first-order valence-electron chi connectivity index (χ1n) is 11.7. The van der Waals surface area contributed by atoms with Gasteiger partial charge < -0.3 is 10.1 Å². The number of benzene rings is 2. The first kappa shape index (κ1) is 22.9. The Bertz CT molecular complexity index is 1410. The maximum absolute atomic E-state index is 14.2. The van der Waals surface area contributed by atoms with Gasteiger partial charge in [0.15, 0.2) is 5.75 Å². The average molecular weight is 511 g/mol. The van der Waals surface area contributed by atoms with Crippen LogP contribution in [0.4, 0.5) is 17.1 Å². The van der Waals surface area contributed by atoms with Gasteiger partial charge >= 0.3 is 5.69 Å². The van der Waals surface area contributed by atoms with Crippen molar-refractivity contribution >= 4 is 46.4 Å². The van der Waals surface area contributed by atoms with Gasteiger partial charge in [0.05, 0.1) is 35.2 Å². The largest absolute Gasteiger partial charge is 0.490 e. The number of methoxy groups -OCH3 is 1. The first-order chi connectivity index (χ1) is 17.1. The van der Waals surface area contributed by atoms with Gasteiger partial charge in [-0.1, -0.05) is 17.7 Å². The smallest absolute Gasteiger partial charge is 0.311 e. The highest BCUT2D eigenvalue weighted by Crippen LogP contribution is 2.61. The third-order valence-corrected chi connectivity index (χ3v) is 8.71. The normalized spacial score (nSPS) is 28.5. The number of rotatable bonds is 3. The van der Waals surface area contributed by atoms with Crippen molar-refractivity contribution in [2.24, 2.45) is 11.8 Å². The number of aryl methyl sites for hydroxylation is 1. The van der Waals surface area contributed by atoms with E-state index < -0.39 is 34.1 Å². The molecule has 11 heteroatoms. The monoisotopic (exact) mass is 510 g/mol. The Labute approximate surface area is 211 Å². The van der Waals surface area contributed by atoms with Crippen molar-refractivity contribution in [3.8, 4) is 5.75 Å². The van der Waals surface area contributed by atoms with Crippen molar-refractivity contribution in [3.05, 3.63) is 56.1 Å². The summed E-state index contributed by atoms with van der Waals surface area (Å²) in [6.45, 7) is 4.02. The predicted molar refractivity (Wildman–Crippen MR) is 130 cm³/mol. The summed E-state index contributed by atoms with van der Waals surface area (Å²) in [6.07, 6.45) is 1.49. The lowest BCUT2D eigenvalue weighted by molar-refractivity contribution is -0.385. The predicted octanol–water partition coefficient (Wildman–Crippen LogP) is 3.30. The Hall–Kier alpha value is -3.50. The highest BCUT2D eigenvalue weighted by atomic mass is 35.5. The molecule has 0 unspecified atom stereocenters. The lowest BCUT2D eigenvalue weighted by Crippen LogP contribution is -2.54. The van der Waals surface area contributed by atoms with E-state index in [1.165, 1.54) is 19.2 Å². The molecule has 0 bridgehead atoms. The third-order valence-electron chi connectivity index (χ3n) is 8.30. The van der Waals surface area contributed by atoms with Crippen molar-refractivity contribution in [3.63, 3.8) is 0 Å². The second-order valence-electron chi connectivity index (χ2n) is 9.80. The summed E-state index contributed by atoms with van der Waals surface area (Å²) in [4.78, 5) is 56.0. The van der Waals surface area contributed by atoms with Crippen LogP contribution in [0.3, 0.4) is 0 Å². The molecule has 3 saturated heterocycles. The van der Waals surface area contributed by atoms with Crippen LogP contribution in [-0.4, -0.2) is 47.2 Å². The summed E-state index contributed by atoms with van der Waals surface area (Å²) in [5, 5.41) is 14.9. The number of nitrogens with zero attached hydrogens (tertiary/aromatic N) is 3. The van der Waals surface area contributed by atoms with Gasteiger partial charge in [0.25, 0.3) is 0 Å². The number of amides is 3. The van der Waals surface area contributed by atoms with Gasteiger partial charge in [-0.2, -0.15) is 0 Å². The molecule has 6 rings (SSSR count). The first-order valence-corrected chi connectivity index (χ1v) is 12.1. The Kier molecular flexibility index (Phi) is 4.78. The molecule has 3 fully saturated rings. The van der Waals surface area contributed by atoms with E-state index in [9.17, 15) is 24.5 Å². The molecule has 186 valence electrons. The van der Waals surface area contributed by atoms with Crippen LogP contribution in [-0.2, 0) is 19.9 Å². The molecule has 4 aliphatic rings. The summed E-state index contributed by atoms with van der Waals surface area (Å²) in [5.41, 5.74) is 1.00. The zero-order valence-corrected chi connectivity index (χ0v) is 20.6. The van der Waals surface area contributed by atoms with Crippen molar-refractivity contribution in [1.29, 1.82) is 0 Å². The van der Waals surface area contributed by atoms with E-state index >= 15 is 0 Å². The Morgan fingerprint density at radius 2 is 1.94 bits per heavy atom. The molecule has 10 nitrogen and oxygen atoms in total. The highest BCUT2D eigenvalue weighted by molar-refractivity contribution is 6.32. The zero-order chi connectivity index (χ0) is 25.7. The minimum absolute atomic E-state index is 0.0512. The van der Waals surface area contributed by atoms with Gasteiger partial charge in [-0.3, -0.25) is 29.4 Å². The number of fused-ring (bicyclic) bond motifs is 7. The molecule has 0 saturated carbocycles. The van der Waals surface area contributed by atoms with Crippen LogP contribution < -0.4 is 15.0 Å². The number of nitro benzene ring substituents is 1. The van der Waals surface area contributed by atoms with E-state index in [4.69, 9.17) is 16.3 Å². The molecule has 3 amide bonds. The SMILES string of the molecule is COc1cc(N2C(=O)[C@H]3[C@H]4CCCN4[C@@]4(C(=O)Nc5c4ccc(Cl)c5C)[C@@H]3C2=O)c(C)cc1[N+](=O)[O-]. The van der Waals surface area contributed by atoms with E-state index in [0.717, 1.165) is 11.3 Å². The van der Waals surface area contributed by atoms with Gasteiger partial charge in [0, 0.05) is 28.8 Å². The second-order valence-corrected chi connectivity index (χ2v) is 10.2. The van der Waals surface area contributed by atoms with Crippen LogP contribution in [0.15, 0.2) is 24.3 Å². The van der Waals surface area contributed by atoms with Gasteiger partial charge in [-0.15, -0.1) is 0 Å². The number of carbonyl (C=O) groups excluding carboxylic acids is 3. The van der Waals surface area contributed by atoms with Gasteiger partial charge in [0.2, 0.25) is 17.7 Å². The van der Waals surface area contributed by atoms with Crippen LogP contribution in [0.1, 0.15) is 29.5 Å². The molecule has 2 aromatic carbocycles. The lowest BCUT2D eigenvalue weighted by atomic mass is 9.75. The van der Waals surface area contributed by atoms with Crippen molar-refractivity contribution in [1.82, 2.24) is 4.90 Å². The molecule has 0 aromatic heterocycles. The number of ether oxygens (including phenoxy) is 1. The summed E-state index contributed by atoms with van der Waals surface area (Å²) in [7, 11) is 1.29. The van der Waals surface area contributed by atoms with Crippen LogP contribution in [0.25, 0.3) is 0 Å². The summed E-state index contributed by atoms with van der Waals surface area (Å²) < 4.78 is 5.20. The molecule has 1 spiro atoms. The molecule has 2 aromatic rings. The van der Waals surface area contributed by atoms with Gasteiger partial charge in [-0.05, 0) is 50.4 Å². The van der Waals surface area contributed by atoms with Gasteiger partial charge in [0.1, 0.15) is 5.54 Å². The number of imide groups is 1. The Morgan fingerprint density at radius 1 is 1.19 bits per heavy atom. The topological polar surface area (TPSA) is 122 Å². The van der Waals surface area contributed by atoms with E-state index in [0.29, 0.717) is 40.4 Å². The van der Waals surface area contributed by atoms with Crippen molar-refractivity contribution < 1.29 is 24.0 Å². The minimum atomic E-state index is -1.32. The fourth-order valence-electron chi connectivity index (χ4n) is 6.84. The van der Waals surface area contributed by atoms with Crippen LogP contribution in [0.5, 0.6) is 5.75 Å². The van der Waals surface area contributed by atoms with E-state index in [2.05, 4.69) is 5.32 Å². The highest BCUT2D eigenvalue weighted by Gasteiger charge is 2.74. The summed E-state index contributed by atoms with van der Waals surface area (Å²) in [5.74, 6) is -2.92. The number of hydrogen-bond acceptors (Lipinski definition) is 7. The summed E-state index contributed by atoms with van der Waals surface area (Å²) >= 11 is 6.34. The fraction of sp³-hybridized carbons (Fsp3) is 0.400. The molecule has 0 aliphatic carbocycles. The average Bonchev–Trinajstić information content (AvgIpc) is 3.55. The fourth-order valence-corrected chi connectivity index (χ4v) is 6.99. The molecular weight excluding hydrogens is 488 g/mol. The molecule has 36 heavy (non-hydrogen) atoms. The molecular formula is C25H23ClN4O6. The standard InChI is InChI=1S/C25H23ClN4O6/c1-11-9-17(30(34)35)18(36-3)10-16(11)29-22(31)19-15-5-4-8-28(15)25(20(19)23(29)32)13-6-7-14(26)12(2)21(13)27-24(25)33/h6-7,9-10,15,19-20H,4-5,8H2,1-3H3,(H,27,33)/t15-,19+,20+,25-/m1/s1. The van der Waals surface area contributed by atoms with Crippen LogP contribution in [0.2, 0.25) is 5.02 Å². The molecule has 4 heterocycles. The number of nitro groups is 1. The molecule has 0 radical (unpaired) electrons. The molecule has 1 N–H and O–H groups in total. The van der Waals surface area contributed by atoms with E-state index in [1.54, 1.807) is 19.1 Å². The van der Waals surface area contributed by atoms with Gasteiger partial charge in [-0.25, -0.2) is 4.90 Å². The maximum Gasteiger partial charge on any atom is 0.311 e. The van der Waals surface area contributed by atoms with E-state index in [1.807, 2.05) is 11.8 Å². The number of carbonyl (C=O) groups is 3. The Balaban J connectivity index is 1.54. The van der Waals surface area contributed by atoms with Crippen LogP contribution >= 0.6 is 11.6 Å². The molecule has 4 aliphatic heterocycles. The molecule has 4 atom stereocenters. The number of halogens is 1. The lowest BCUT2D eigenvalue weighted by Gasteiger charge is -2.36. The third kappa shape index (κ3) is 2.58. The Morgan fingerprint density at radius 3 is 2.64 bits per heavy atom. The second kappa shape index (κ2) is 7.50. The maximum atomic E-state index is 14.2. The van der Waals surface area contributed by atoms with Crippen LogP contribution in [0, 0.1) is 35.8 Å². The number of nitrogens with one attached hydrogen (secondary N) is 1. The number of anilines is 2. The summed E-state index contributed by atoms with van der Waals surface area (Å²) in [6, 6.07) is 5.88. The van der Waals surface area contributed by atoms with Crippen molar-refractivity contribution in [2.75, 3.05) is 23.9 Å². The van der Waals surface area contributed by atoms with Crippen molar-refractivity contribution in [2.45, 2.75) is 38.3 Å². The quantitative estimate of drug-likeness (QED) is 0.382. The zero-order valence-electron chi connectivity index (χ0n) is 19.8. The minimum Gasteiger partial charge on any atom is -0.490 e. The number of hydrogen-bond donors (Lipinski definition) is 1. The van der Waals surface area contributed by atoms with E-state index in [-0.39, 0.29) is 29.1 Å².